The van der Waals surface area contributed by atoms with Crippen LogP contribution in [0.25, 0.3) is 22.3 Å². The van der Waals surface area contributed by atoms with Crippen LogP contribution in [0.3, 0.4) is 0 Å². The van der Waals surface area contributed by atoms with E-state index in [1.165, 1.54) is 18.5 Å². The maximum absolute atomic E-state index is 13.5. The van der Waals surface area contributed by atoms with E-state index in [0.29, 0.717) is 71.1 Å². The van der Waals surface area contributed by atoms with E-state index in [4.69, 9.17) is 9.84 Å². The van der Waals surface area contributed by atoms with Crippen LogP contribution in [0.5, 0.6) is 5.75 Å². The molecule has 4 N–H and O–H groups in total. The summed E-state index contributed by atoms with van der Waals surface area (Å²) in [5.74, 6) is 0.170. The van der Waals surface area contributed by atoms with Gasteiger partial charge in [0, 0.05) is 28.9 Å². The molecule has 2 atom stereocenters. The Morgan fingerprint density at radius 2 is 1.92 bits per heavy atom. The number of hydrogen-bond donors (Lipinski definition) is 4. The molecular formula is C26H29F2N5O4. The van der Waals surface area contributed by atoms with Crippen molar-refractivity contribution in [3.63, 3.8) is 0 Å². The number of aromatic amines is 1. The number of fused-ring (bicyclic) bond motifs is 1. The number of rotatable bonds is 9. The number of nitrogens with zero attached hydrogens (tertiary/aromatic N) is 2. The van der Waals surface area contributed by atoms with Crippen molar-refractivity contribution >= 4 is 22.8 Å². The number of carbonyl (C=O) groups excluding carboxylic acids is 2. The largest absolute Gasteiger partial charge is 0.493 e. The summed E-state index contributed by atoms with van der Waals surface area (Å²) in [5, 5.41) is 14.7. The molecule has 2 aliphatic carbocycles. The topological polar surface area (TPSA) is 129 Å². The smallest absolute Gasteiger partial charge is 0.263 e. The summed E-state index contributed by atoms with van der Waals surface area (Å²) in [6.07, 6.45) is 2.78. The number of hydrogen-bond acceptors (Lipinski definition) is 6. The first kappa shape index (κ1) is 25.1. The van der Waals surface area contributed by atoms with Gasteiger partial charge in [0.05, 0.1) is 17.7 Å². The van der Waals surface area contributed by atoms with Crippen LogP contribution in [-0.4, -0.2) is 57.2 Å². The normalized spacial score (nSPS) is 19.4. The quantitative estimate of drug-likeness (QED) is 0.347. The minimum atomic E-state index is -2.65. The van der Waals surface area contributed by atoms with Crippen LogP contribution >= 0.6 is 0 Å². The van der Waals surface area contributed by atoms with E-state index in [1.54, 1.807) is 13.0 Å². The lowest BCUT2D eigenvalue weighted by molar-refractivity contribution is -0.124. The Hall–Kier alpha value is -3.60. The molecule has 2 saturated carbocycles. The minimum Gasteiger partial charge on any atom is -0.493 e. The lowest BCUT2D eigenvalue weighted by Crippen LogP contribution is -2.38. The van der Waals surface area contributed by atoms with E-state index in [1.807, 2.05) is 0 Å². The van der Waals surface area contributed by atoms with Crippen LogP contribution in [0.15, 0.2) is 24.5 Å². The van der Waals surface area contributed by atoms with Gasteiger partial charge in [0.25, 0.3) is 12.3 Å². The van der Waals surface area contributed by atoms with E-state index in [9.17, 15) is 18.4 Å². The second-order valence-corrected chi connectivity index (χ2v) is 9.79. The second-order valence-electron chi connectivity index (χ2n) is 9.79. The fourth-order valence-electron chi connectivity index (χ4n) is 4.86. The van der Waals surface area contributed by atoms with Crippen molar-refractivity contribution in [1.82, 2.24) is 25.6 Å². The number of amides is 2. The summed E-state index contributed by atoms with van der Waals surface area (Å²) in [6.45, 7) is 1.69. The first-order chi connectivity index (χ1) is 17.8. The van der Waals surface area contributed by atoms with Crippen LogP contribution in [-0.2, 0) is 4.79 Å². The third-order valence-electron chi connectivity index (χ3n) is 6.96. The number of ether oxygens (including phenoxy) is 1. The number of alkyl halides is 2. The van der Waals surface area contributed by atoms with Crippen molar-refractivity contribution in [2.45, 2.75) is 57.5 Å². The van der Waals surface area contributed by atoms with E-state index in [2.05, 4.69) is 25.6 Å². The minimum absolute atomic E-state index is 0.112. The van der Waals surface area contributed by atoms with Crippen LogP contribution in [0.2, 0.25) is 0 Å². The van der Waals surface area contributed by atoms with Gasteiger partial charge in [0.15, 0.2) is 0 Å². The number of aryl methyl sites for hydroxylation is 1. The van der Waals surface area contributed by atoms with Gasteiger partial charge in [-0.2, -0.15) is 0 Å². The van der Waals surface area contributed by atoms with Gasteiger partial charge in [-0.15, -0.1) is 0 Å². The average Bonchev–Trinajstić information content (AvgIpc) is 3.51. The molecule has 0 saturated heterocycles. The summed E-state index contributed by atoms with van der Waals surface area (Å²) >= 11 is 0. The molecule has 2 unspecified atom stereocenters. The number of benzene rings is 1. The molecule has 2 aliphatic rings. The van der Waals surface area contributed by atoms with E-state index < -0.39 is 18.9 Å². The molecule has 2 heterocycles. The zero-order valence-electron chi connectivity index (χ0n) is 20.4. The van der Waals surface area contributed by atoms with Crippen LogP contribution < -0.4 is 15.4 Å². The Morgan fingerprint density at radius 3 is 2.62 bits per heavy atom. The van der Waals surface area contributed by atoms with Gasteiger partial charge in [-0.1, -0.05) is 0 Å². The molecule has 37 heavy (non-hydrogen) atoms. The fraction of sp³-hybridized carbons (Fsp3) is 0.462. The maximum Gasteiger partial charge on any atom is 0.263 e. The zero-order chi connectivity index (χ0) is 26.1. The fourth-order valence-corrected chi connectivity index (χ4v) is 4.86. The van der Waals surface area contributed by atoms with Crippen molar-refractivity contribution in [3.8, 4) is 17.0 Å². The predicted molar refractivity (Wildman–Crippen MR) is 131 cm³/mol. The Labute approximate surface area is 212 Å². The molecular weight excluding hydrogens is 484 g/mol. The molecule has 2 amide bonds. The number of nitrogens with one attached hydrogen (secondary N) is 3. The van der Waals surface area contributed by atoms with Crippen LogP contribution in [0, 0.1) is 12.8 Å². The number of halogens is 2. The van der Waals surface area contributed by atoms with E-state index in [-0.39, 0.29) is 23.6 Å². The maximum atomic E-state index is 13.5. The Morgan fingerprint density at radius 1 is 1.16 bits per heavy atom. The molecule has 0 bridgehead atoms. The van der Waals surface area contributed by atoms with Crippen molar-refractivity contribution in [2.75, 3.05) is 13.2 Å². The predicted octanol–water partition coefficient (Wildman–Crippen LogP) is 3.42. The highest BCUT2D eigenvalue weighted by Crippen LogP contribution is 2.38. The molecule has 0 spiro atoms. The van der Waals surface area contributed by atoms with Crippen molar-refractivity contribution in [2.24, 2.45) is 5.92 Å². The van der Waals surface area contributed by atoms with Crippen LogP contribution in [0.1, 0.15) is 60.1 Å². The number of aromatic nitrogens is 3. The lowest BCUT2D eigenvalue weighted by Gasteiger charge is -2.14. The first-order valence-electron chi connectivity index (χ1n) is 12.4. The standard InChI is InChI=1S/C26H29F2N5O4/c1-13-21(26(36)33-17-6-5-16(9-17)32-20(35)10-34)23-24(31-13)22(29-12-30-23)18-8-15(25(27)28)4-7-19(18)37-11-14-2-3-14/h4,7-8,12,14,16-17,25,31,34H,2-3,5-6,9-11H2,1H3,(H,32,35)(H,33,36). The second kappa shape index (κ2) is 10.4. The number of aliphatic hydroxyl groups is 1. The van der Waals surface area contributed by atoms with Crippen molar-refractivity contribution in [3.05, 3.63) is 41.3 Å². The van der Waals surface area contributed by atoms with Crippen molar-refractivity contribution < 1.29 is 28.2 Å². The molecule has 2 aromatic heterocycles. The highest BCUT2D eigenvalue weighted by Gasteiger charge is 2.29. The Bertz CT molecular complexity index is 1320. The third kappa shape index (κ3) is 5.41. The van der Waals surface area contributed by atoms with Crippen molar-refractivity contribution in [1.29, 1.82) is 0 Å². The van der Waals surface area contributed by atoms with E-state index >= 15 is 0 Å². The van der Waals surface area contributed by atoms with Gasteiger partial charge in [0.1, 0.15) is 29.9 Å². The molecule has 2 fully saturated rings. The van der Waals surface area contributed by atoms with Gasteiger partial charge in [-0.25, -0.2) is 18.7 Å². The average molecular weight is 514 g/mol. The highest BCUT2D eigenvalue weighted by molar-refractivity contribution is 6.09. The SMILES string of the molecule is Cc1[nH]c2c(-c3cc(C(F)F)ccc3OCC3CC3)ncnc2c1C(=O)NC1CCC(NC(=O)CO)C1. The van der Waals surface area contributed by atoms with Gasteiger partial charge in [-0.3, -0.25) is 9.59 Å². The molecule has 5 rings (SSSR count). The molecule has 11 heteroatoms. The number of carbonyl (C=O) groups is 2. The first-order valence-corrected chi connectivity index (χ1v) is 12.4. The Kier molecular flexibility index (Phi) is 7.05. The summed E-state index contributed by atoms with van der Waals surface area (Å²) in [4.78, 5) is 36.7. The molecule has 1 aromatic carbocycles. The van der Waals surface area contributed by atoms with Gasteiger partial charge >= 0.3 is 0 Å². The lowest BCUT2D eigenvalue weighted by atomic mass is 10.0. The number of H-pyrrole nitrogens is 1. The molecule has 3 aromatic rings. The van der Waals surface area contributed by atoms with Gasteiger partial charge in [0.2, 0.25) is 5.91 Å². The van der Waals surface area contributed by atoms with E-state index in [0.717, 1.165) is 12.8 Å². The summed E-state index contributed by atoms with van der Waals surface area (Å²) in [6, 6.07) is 4.02. The van der Waals surface area contributed by atoms with Gasteiger partial charge in [-0.05, 0) is 63.1 Å². The highest BCUT2D eigenvalue weighted by atomic mass is 19.3. The Balaban J connectivity index is 1.44. The van der Waals surface area contributed by atoms with Crippen LogP contribution in [0.4, 0.5) is 8.78 Å². The number of aliphatic hydroxyl groups excluding tert-OH is 1. The van der Waals surface area contributed by atoms with Gasteiger partial charge < -0.3 is 25.5 Å². The molecule has 0 aliphatic heterocycles. The summed E-state index contributed by atoms with van der Waals surface area (Å²) in [7, 11) is 0. The monoisotopic (exact) mass is 513 g/mol. The molecule has 0 radical (unpaired) electrons. The zero-order valence-corrected chi connectivity index (χ0v) is 20.4. The summed E-state index contributed by atoms with van der Waals surface area (Å²) in [5.41, 5.74) is 2.43. The summed E-state index contributed by atoms with van der Waals surface area (Å²) < 4.78 is 33.1. The molecule has 9 nitrogen and oxygen atoms in total. The molecule has 196 valence electrons. The third-order valence-corrected chi connectivity index (χ3v) is 6.96.